The Labute approximate surface area is 99.0 Å². The van der Waals surface area contributed by atoms with Gasteiger partial charge >= 0.3 is 0 Å². The molecule has 4 heteroatoms. The van der Waals surface area contributed by atoms with Crippen molar-refractivity contribution in [1.82, 2.24) is 5.16 Å². The number of aromatic nitrogens is 1. The third-order valence-corrected chi connectivity index (χ3v) is 3.11. The van der Waals surface area contributed by atoms with Gasteiger partial charge in [0, 0.05) is 18.1 Å². The van der Waals surface area contributed by atoms with Crippen molar-refractivity contribution < 1.29 is 9.63 Å². The van der Waals surface area contributed by atoms with Crippen LogP contribution in [-0.2, 0) is 6.42 Å². The van der Waals surface area contributed by atoms with E-state index in [9.17, 15) is 5.11 Å². The zero-order chi connectivity index (χ0) is 11.9. The Morgan fingerprint density at radius 2 is 2.18 bits per heavy atom. The van der Waals surface area contributed by atoms with Crippen LogP contribution in [0.15, 0.2) is 34.9 Å². The minimum atomic E-state index is -0.471. The summed E-state index contributed by atoms with van der Waals surface area (Å²) in [6, 6.07) is 9.65. The van der Waals surface area contributed by atoms with Gasteiger partial charge in [0.1, 0.15) is 5.69 Å². The Bertz CT molecular complexity index is 544. The molecule has 1 heterocycles. The SMILES string of the molecule is Nc1cc(-c2cccc(CC3(O)CC3)c2)no1. The Balaban J connectivity index is 1.88. The monoisotopic (exact) mass is 230 g/mol. The normalized spacial score (nSPS) is 17.0. The lowest BCUT2D eigenvalue weighted by Crippen LogP contribution is -2.10. The van der Waals surface area contributed by atoms with E-state index in [4.69, 9.17) is 10.3 Å². The van der Waals surface area contributed by atoms with Crippen LogP contribution in [0.1, 0.15) is 18.4 Å². The first-order valence-corrected chi connectivity index (χ1v) is 5.69. The van der Waals surface area contributed by atoms with E-state index in [1.807, 2.05) is 24.3 Å². The number of hydrogen-bond acceptors (Lipinski definition) is 4. The summed E-state index contributed by atoms with van der Waals surface area (Å²) < 4.78 is 4.85. The standard InChI is InChI=1S/C13H14N2O2/c14-12-7-11(15-17-12)10-3-1-2-9(6-10)8-13(16)4-5-13/h1-3,6-7,16H,4-5,8,14H2. The van der Waals surface area contributed by atoms with Crippen molar-refractivity contribution >= 4 is 5.88 Å². The van der Waals surface area contributed by atoms with E-state index in [1.165, 1.54) is 0 Å². The molecular formula is C13H14N2O2. The molecule has 0 radical (unpaired) electrons. The first kappa shape index (κ1) is 10.4. The summed E-state index contributed by atoms with van der Waals surface area (Å²) in [4.78, 5) is 0. The van der Waals surface area contributed by atoms with E-state index in [1.54, 1.807) is 6.07 Å². The summed E-state index contributed by atoms with van der Waals surface area (Å²) in [5.74, 6) is 0.311. The highest BCUT2D eigenvalue weighted by molar-refractivity contribution is 5.61. The molecule has 1 aromatic carbocycles. The van der Waals surface area contributed by atoms with Crippen molar-refractivity contribution in [3.8, 4) is 11.3 Å². The summed E-state index contributed by atoms with van der Waals surface area (Å²) in [6.07, 6.45) is 2.50. The predicted molar refractivity (Wildman–Crippen MR) is 64.2 cm³/mol. The molecule has 1 aliphatic rings. The number of hydrogen-bond donors (Lipinski definition) is 2. The van der Waals surface area contributed by atoms with Gasteiger partial charge in [-0.1, -0.05) is 23.4 Å². The molecule has 1 aromatic heterocycles. The van der Waals surface area contributed by atoms with Gasteiger partial charge in [0.15, 0.2) is 0 Å². The third kappa shape index (κ3) is 2.17. The molecule has 2 aromatic rings. The number of nitrogen functional groups attached to an aromatic ring is 1. The van der Waals surface area contributed by atoms with Crippen molar-refractivity contribution in [3.63, 3.8) is 0 Å². The van der Waals surface area contributed by atoms with Crippen LogP contribution in [-0.4, -0.2) is 15.9 Å². The third-order valence-electron chi connectivity index (χ3n) is 3.11. The van der Waals surface area contributed by atoms with E-state index in [-0.39, 0.29) is 0 Å². The maximum absolute atomic E-state index is 9.89. The van der Waals surface area contributed by atoms with Gasteiger partial charge in [-0.3, -0.25) is 0 Å². The molecule has 1 fully saturated rings. The van der Waals surface area contributed by atoms with Crippen molar-refractivity contribution in [2.24, 2.45) is 0 Å². The fourth-order valence-corrected chi connectivity index (χ4v) is 1.97. The minimum absolute atomic E-state index is 0.311. The van der Waals surface area contributed by atoms with Crippen molar-refractivity contribution in [2.45, 2.75) is 24.9 Å². The lowest BCUT2D eigenvalue weighted by Gasteiger charge is -2.08. The van der Waals surface area contributed by atoms with E-state index in [2.05, 4.69) is 5.16 Å². The van der Waals surface area contributed by atoms with E-state index >= 15 is 0 Å². The van der Waals surface area contributed by atoms with Crippen molar-refractivity contribution in [2.75, 3.05) is 5.73 Å². The molecule has 0 unspecified atom stereocenters. The fourth-order valence-electron chi connectivity index (χ4n) is 1.97. The number of aliphatic hydroxyl groups is 1. The van der Waals surface area contributed by atoms with Gasteiger partial charge in [0.2, 0.25) is 5.88 Å². The Kier molecular flexibility index (Phi) is 2.19. The Morgan fingerprint density at radius 3 is 2.82 bits per heavy atom. The Morgan fingerprint density at radius 1 is 1.35 bits per heavy atom. The maximum Gasteiger partial charge on any atom is 0.222 e. The summed E-state index contributed by atoms with van der Waals surface area (Å²) in [6.45, 7) is 0. The largest absolute Gasteiger partial charge is 0.390 e. The molecule has 0 bridgehead atoms. The highest BCUT2D eigenvalue weighted by Gasteiger charge is 2.40. The molecule has 0 atom stereocenters. The molecule has 0 aliphatic heterocycles. The van der Waals surface area contributed by atoms with Crippen molar-refractivity contribution in [1.29, 1.82) is 0 Å². The molecule has 1 aliphatic carbocycles. The predicted octanol–water partition coefficient (Wildman–Crippen LogP) is 1.99. The smallest absolute Gasteiger partial charge is 0.222 e. The van der Waals surface area contributed by atoms with E-state index in [0.29, 0.717) is 12.3 Å². The molecule has 1 saturated carbocycles. The highest BCUT2D eigenvalue weighted by atomic mass is 16.5. The fraction of sp³-hybridized carbons (Fsp3) is 0.308. The lowest BCUT2D eigenvalue weighted by molar-refractivity contribution is 0.151. The second-order valence-corrected chi connectivity index (χ2v) is 4.72. The molecule has 0 saturated heterocycles. The topological polar surface area (TPSA) is 72.3 Å². The van der Waals surface area contributed by atoms with Gasteiger partial charge < -0.3 is 15.4 Å². The molecule has 0 amide bonds. The average molecular weight is 230 g/mol. The highest BCUT2D eigenvalue weighted by Crippen LogP contribution is 2.38. The van der Waals surface area contributed by atoms with Gasteiger partial charge in [0.25, 0.3) is 0 Å². The van der Waals surface area contributed by atoms with Crippen molar-refractivity contribution in [3.05, 3.63) is 35.9 Å². The summed E-state index contributed by atoms with van der Waals surface area (Å²) in [5.41, 5.74) is 7.83. The second-order valence-electron chi connectivity index (χ2n) is 4.72. The minimum Gasteiger partial charge on any atom is -0.390 e. The van der Waals surface area contributed by atoms with Crippen LogP contribution < -0.4 is 5.73 Å². The van der Waals surface area contributed by atoms with Crippen LogP contribution in [0.3, 0.4) is 0 Å². The second kappa shape index (κ2) is 3.60. The zero-order valence-electron chi connectivity index (χ0n) is 9.39. The van der Waals surface area contributed by atoms with Gasteiger partial charge in [-0.15, -0.1) is 0 Å². The van der Waals surface area contributed by atoms with Gasteiger partial charge in [0.05, 0.1) is 5.60 Å². The molecular weight excluding hydrogens is 216 g/mol. The van der Waals surface area contributed by atoms with Crippen LogP contribution >= 0.6 is 0 Å². The van der Waals surface area contributed by atoms with Crippen LogP contribution in [0.2, 0.25) is 0 Å². The zero-order valence-corrected chi connectivity index (χ0v) is 9.39. The van der Waals surface area contributed by atoms with Crippen LogP contribution in [0.5, 0.6) is 0 Å². The number of benzene rings is 1. The first-order valence-electron chi connectivity index (χ1n) is 5.69. The number of nitrogens with two attached hydrogens (primary N) is 1. The Hall–Kier alpha value is -1.81. The molecule has 0 spiro atoms. The van der Waals surface area contributed by atoms with Crippen LogP contribution in [0.4, 0.5) is 5.88 Å². The van der Waals surface area contributed by atoms with Gasteiger partial charge in [-0.25, -0.2) is 0 Å². The number of anilines is 1. The van der Waals surface area contributed by atoms with Gasteiger partial charge in [-0.2, -0.15) is 0 Å². The quantitative estimate of drug-likeness (QED) is 0.845. The van der Waals surface area contributed by atoms with Crippen LogP contribution in [0, 0.1) is 0 Å². The lowest BCUT2D eigenvalue weighted by atomic mass is 10.0. The summed E-state index contributed by atoms with van der Waals surface area (Å²) >= 11 is 0. The summed E-state index contributed by atoms with van der Waals surface area (Å²) in [5, 5.41) is 13.8. The molecule has 17 heavy (non-hydrogen) atoms. The average Bonchev–Trinajstić information content (AvgIpc) is 2.87. The molecule has 3 rings (SSSR count). The summed E-state index contributed by atoms with van der Waals surface area (Å²) in [7, 11) is 0. The molecule has 88 valence electrons. The van der Waals surface area contributed by atoms with Crippen LogP contribution in [0.25, 0.3) is 11.3 Å². The van der Waals surface area contributed by atoms with E-state index < -0.39 is 5.60 Å². The number of rotatable bonds is 3. The van der Waals surface area contributed by atoms with Gasteiger partial charge in [-0.05, 0) is 24.5 Å². The molecule has 4 nitrogen and oxygen atoms in total. The maximum atomic E-state index is 9.89. The number of nitrogens with zero attached hydrogens (tertiary/aromatic N) is 1. The first-order chi connectivity index (χ1) is 8.15. The van der Waals surface area contributed by atoms with E-state index in [0.717, 1.165) is 29.7 Å². The molecule has 3 N–H and O–H groups in total.